The van der Waals surface area contributed by atoms with Crippen molar-refractivity contribution in [2.75, 3.05) is 18.6 Å². The number of amidine groups is 1. The second-order valence-electron chi connectivity index (χ2n) is 2.72. The summed E-state index contributed by atoms with van der Waals surface area (Å²) in [6, 6.07) is 8.26. The highest BCUT2D eigenvalue weighted by Gasteiger charge is 1.95. The molecular formula is C10H14N2S. The molecule has 13 heavy (non-hydrogen) atoms. The lowest BCUT2D eigenvalue weighted by Crippen LogP contribution is -2.06. The topological polar surface area (TPSA) is 24.4 Å². The predicted octanol–water partition coefficient (Wildman–Crippen LogP) is 2.76. The molecule has 0 radical (unpaired) electrons. The third kappa shape index (κ3) is 3.11. The number of nitrogens with zero attached hydrogens (tertiary/aromatic N) is 1. The number of hydrogen-bond donors (Lipinski definition) is 1. The maximum absolute atomic E-state index is 4.09. The summed E-state index contributed by atoms with van der Waals surface area (Å²) in [6.07, 6.45) is 2.00. The molecule has 1 rings (SSSR count). The van der Waals surface area contributed by atoms with Crippen molar-refractivity contribution >= 4 is 22.6 Å². The normalized spacial score (nSPS) is 11.5. The van der Waals surface area contributed by atoms with Crippen LogP contribution in [0.25, 0.3) is 0 Å². The summed E-state index contributed by atoms with van der Waals surface area (Å²) in [5.74, 6) is 0. The van der Waals surface area contributed by atoms with Gasteiger partial charge in [-0.2, -0.15) is 0 Å². The van der Waals surface area contributed by atoms with E-state index in [1.807, 2.05) is 6.26 Å². The average Bonchev–Trinajstić information content (AvgIpc) is 2.17. The molecule has 0 bridgehead atoms. The van der Waals surface area contributed by atoms with Gasteiger partial charge in [0.15, 0.2) is 5.17 Å². The second-order valence-corrected chi connectivity index (χ2v) is 3.52. The summed E-state index contributed by atoms with van der Waals surface area (Å²) >= 11 is 1.61. The largest absolute Gasteiger partial charge is 0.335 e. The fourth-order valence-corrected chi connectivity index (χ4v) is 1.36. The standard InChI is InChI=1S/C10H14N2S/c1-8-4-6-9(7-5-8)12-10(11-2)13-3/h4-7H,1-3H3,(H,11,12). The SMILES string of the molecule is CN=C(Nc1ccc(C)cc1)SC. The van der Waals surface area contributed by atoms with Gasteiger partial charge in [-0.05, 0) is 25.3 Å². The zero-order chi connectivity index (χ0) is 9.68. The summed E-state index contributed by atoms with van der Waals surface area (Å²) in [7, 11) is 1.78. The minimum absolute atomic E-state index is 0.934. The van der Waals surface area contributed by atoms with E-state index in [0.717, 1.165) is 10.9 Å². The molecule has 0 saturated carbocycles. The van der Waals surface area contributed by atoms with Crippen LogP contribution in [0.15, 0.2) is 29.3 Å². The van der Waals surface area contributed by atoms with Gasteiger partial charge in [0.1, 0.15) is 0 Å². The van der Waals surface area contributed by atoms with E-state index in [9.17, 15) is 0 Å². The molecule has 0 aliphatic rings. The van der Waals surface area contributed by atoms with Gasteiger partial charge in [0, 0.05) is 12.7 Å². The van der Waals surface area contributed by atoms with Crippen LogP contribution in [0.3, 0.4) is 0 Å². The maximum atomic E-state index is 4.09. The lowest BCUT2D eigenvalue weighted by molar-refractivity contribution is 1.43. The average molecular weight is 194 g/mol. The zero-order valence-electron chi connectivity index (χ0n) is 8.16. The number of rotatable bonds is 1. The molecule has 1 aromatic rings. The van der Waals surface area contributed by atoms with E-state index in [-0.39, 0.29) is 0 Å². The molecule has 70 valence electrons. The Morgan fingerprint density at radius 2 is 1.92 bits per heavy atom. The van der Waals surface area contributed by atoms with Crippen LogP contribution in [0.5, 0.6) is 0 Å². The van der Waals surface area contributed by atoms with Crippen molar-refractivity contribution in [2.45, 2.75) is 6.92 Å². The van der Waals surface area contributed by atoms with Gasteiger partial charge in [-0.3, -0.25) is 4.99 Å². The van der Waals surface area contributed by atoms with E-state index in [0.29, 0.717) is 0 Å². The first-order valence-electron chi connectivity index (χ1n) is 4.10. The smallest absolute Gasteiger partial charge is 0.160 e. The number of anilines is 1. The van der Waals surface area contributed by atoms with Crippen LogP contribution in [0.1, 0.15) is 5.56 Å². The monoisotopic (exact) mass is 194 g/mol. The predicted molar refractivity (Wildman–Crippen MR) is 61.7 cm³/mol. The van der Waals surface area contributed by atoms with Gasteiger partial charge in [0.25, 0.3) is 0 Å². The number of nitrogens with one attached hydrogen (secondary N) is 1. The van der Waals surface area contributed by atoms with Gasteiger partial charge in [0.2, 0.25) is 0 Å². The van der Waals surface area contributed by atoms with E-state index >= 15 is 0 Å². The Morgan fingerprint density at radius 3 is 2.38 bits per heavy atom. The van der Waals surface area contributed by atoms with Crippen molar-refractivity contribution in [1.82, 2.24) is 0 Å². The van der Waals surface area contributed by atoms with Gasteiger partial charge in [0.05, 0.1) is 0 Å². The Morgan fingerprint density at radius 1 is 1.31 bits per heavy atom. The molecule has 1 N–H and O–H groups in total. The first-order valence-corrected chi connectivity index (χ1v) is 5.33. The first-order chi connectivity index (χ1) is 6.26. The second kappa shape index (κ2) is 4.92. The molecule has 0 unspecified atom stereocenters. The lowest BCUT2D eigenvalue weighted by atomic mass is 10.2. The Bertz CT molecular complexity index is 290. The highest BCUT2D eigenvalue weighted by molar-refractivity contribution is 8.13. The van der Waals surface area contributed by atoms with Gasteiger partial charge >= 0.3 is 0 Å². The molecule has 0 heterocycles. The number of hydrogen-bond acceptors (Lipinski definition) is 2. The minimum atomic E-state index is 0.934. The maximum Gasteiger partial charge on any atom is 0.160 e. The van der Waals surface area contributed by atoms with E-state index < -0.39 is 0 Å². The summed E-state index contributed by atoms with van der Waals surface area (Å²) in [4.78, 5) is 4.09. The van der Waals surface area contributed by atoms with Crippen molar-refractivity contribution in [2.24, 2.45) is 4.99 Å². The molecule has 1 aromatic carbocycles. The highest BCUT2D eigenvalue weighted by atomic mass is 32.2. The Labute approximate surface area is 83.5 Å². The van der Waals surface area contributed by atoms with Crippen LogP contribution in [-0.2, 0) is 0 Å². The first kappa shape index (κ1) is 10.1. The quantitative estimate of drug-likeness (QED) is 0.549. The molecule has 0 aromatic heterocycles. The van der Waals surface area contributed by atoms with Crippen LogP contribution in [0.2, 0.25) is 0 Å². The number of aliphatic imine (C=N–C) groups is 1. The van der Waals surface area contributed by atoms with Gasteiger partial charge in [-0.1, -0.05) is 29.5 Å². The molecule has 0 atom stereocenters. The Hall–Kier alpha value is -0.960. The molecule has 0 spiro atoms. The third-order valence-electron chi connectivity index (χ3n) is 1.70. The van der Waals surface area contributed by atoms with E-state index in [2.05, 4.69) is 41.5 Å². The fourth-order valence-electron chi connectivity index (χ4n) is 0.959. The molecule has 3 heteroatoms. The van der Waals surface area contributed by atoms with E-state index in [4.69, 9.17) is 0 Å². The molecule has 0 saturated heterocycles. The minimum Gasteiger partial charge on any atom is -0.335 e. The van der Waals surface area contributed by atoms with Crippen LogP contribution >= 0.6 is 11.8 Å². The van der Waals surface area contributed by atoms with Crippen LogP contribution in [-0.4, -0.2) is 18.5 Å². The summed E-state index contributed by atoms with van der Waals surface area (Å²) in [6.45, 7) is 2.08. The number of benzene rings is 1. The van der Waals surface area contributed by atoms with Crippen molar-refractivity contribution in [3.8, 4) is 0 Å². The van der Waals surface area contributed by atoms with Crippen LogP contribution in [0.4, 0.5) is 5.69 Å². The van der Waals surface area contributed by atoms with Gasteiger partial charge in [-0.25, -0.2) is 0 Å². The van der Waals surface area contributed by atoms with Crippen LogP contribution < -0.4 is 5.32 Å². The summed E-state index contributed by atoms with van der Waals surface area (Å²) < 4.78 is 0. The Balaban J connectivity index is 2.69. The van der Waals surface area contributed by atoms with Crippen molar-refractivity contribution in [1.29, 1.82) is 0 Å². The molecule has 2 nitrogen and oxygen atoms in total. The fraction of sp³-hybridized carbons (Fsp3) is 0.300. The van der Waals surface area contributed by atoms with Crippen molar-refractivity contribution in [3.05, 3.63) is 29.8 Å². The molecule has 0 fully saturated rings. The van der Waals surface area contributed by atoms with Gasteiger partial charge < -0.3 is 5.32 Å². The summed E-state index contributed by atoms with van der Waals surface area (Å²) in [5.41, 5.74) is 2.35. The van der Waals surface area contributed by atoms with Crippen molar-refractivity contribution in [3.63, 3.8) is 0 Å². The van der Waals surface area contributed by atoms with Gasteiger partial charge in [-0.15, -0.1) is 0 Å². The zero-order valence-corrected chi connectivity index (χ0v) is 8.98. The molecule has 0 aliphatic heterocycles. The molecular weight excluding hydrogens is 180 g/mol. The third-order valence-corrected chi connectivity index (χ3v) is 2.37. The highest BCUT2D eigenvalue weighted by Crippen LogP contribution is 2.10. The lowest BCUT2D eigenvalue weighted by Gasteiger charge is -2.06. The van der Waals surface area contributed by atoms with E-state index in [1.54, 1.807) is 18.8 Å². The molecule has 0 amide bonds. The summed E-state index contributed by atoms with van der Waals surface area (Å²) in [5, 5.41) is 4.15. The molecule has 0 aliphatic carbocycles. The van der Waals surface area contributed by atoms with E-state index in [1.165, 1.54) is 5.56 Å². The van der Waals surface area contributed by atoms with Crippen molar-refractivity contribution < 1.29 is 0 Å². The van der Waals surface area contributed by atoms with Crippen LogP contribution in [0, 0.1) is 6.92 Å². The number of aryl methyl sites for hydroxylation is 1. The Kier molecular flexibility index (Phi) is 3.83. The number of thioether (sulfide) groups is 1.